The Labute approximate surface area is 69.9 Å². The minimum absolute atomic E-state index is 0.155. The van der Waals surface area contributed by atoms with E-state index in [1.807, 2.05) is 0 Å². The molecule has 1 saturated heterocycles. The molecule has 1 unspecified atom stereocenters. The summed E-state index contributed by atoms with van der Waals surface area (Å²) in [5.74, 6) is -0.359. The van der Waals surface area contributed by atoms with Gasteiger partial charge in [0.15, 0.2) is 0 Å². The second kappa shape index (κ2) is 2.20. The fourth-order valence-electron chi connectivity index (χ4n) is 1.74. The van der Waals surface area contributed by atoms with E-state index in [2.05, 4.69) is 4.99 Å². The molecule has 12 heavy (non-hydrogen) atoms. The molecule has 0 bridgehead atoms. The van der Waals surface area contributed by atoms with E-state index in [0.717, 1.165) is 12.8 Å². The maximum absolute atomic E-state index is 11.2. The summed E-state index contributed by atoms with van der Waals surface area (Å²) < 4.78 is 0. The molecular formula is C7H11N3O2. The van der Waals surface area contributed by atoms with E-state index in [9.17, 15) is 9.90 Å². The van der Waals surface area contributed by atoms with Crippen LogP contribution in [-0.4, -0.2) is 34.1 Å². The first-order valence-electron chi connectivity index (χ1n) is 4.03. The Hall–Kier alpha value is -1.10. The van der Waals surface area contributed by atoms with Gasteiger partial charge in [-0.15, -0.1) is 0 Å². The van der Waals surface area contributed by atoms with Crippen LogP contribution in [0.5, 0.6) is 0 Å². The van der Waals surface area contributed by atoms with Crippen LogP contribution in [0.4, 0.5) is 0 Å². The molecule has 0 radical (unpaired) electrons. The molecular weight excluding hydrogens is 158 g/mol. The SMILES string of the molecule is NC1=NC(=O)C2(O)CCCCN12. The predicted octanol–water partition coefficient (Wildman–Crippen LogP) is -0.984. The lowest BCUT2D eigenvalue weighted by molar-refractivity contribution is -0.152. The summed E-state index contributed by atoms with van der Waals surface area (Å²) >= 11 is 0. The molecule has 5 nitrogen and oxygen atoms in total. The second-order valence-corrected chi connectivity index (χ2v) is 3.20. The largest absolute Gasteiger partial charge is 0.369 e. The summed E-state index contributed by atoms with van der Waals surface area (Å²) in [5.41, 5.74) is 4.05. The van der Waals surface area contributed by atoms with Gasteiger partial charge >= 0.3 is 5.91 Å². The second-order valence-electron chi connectivity index (χ2n) is 3.20. The highest BCUT2D eigenvalue weighted by Gasteiger charge is 2.49. The number of carbonyl (C=O) groups is 1. The molecule has 0 aromatic rings. The van der Waals surface area contributed by atoms with E-state index in [0.29, 0.717) is 13.0 Å². The Morgan fingerprint density at radius 3 is 3.00 bits per heavy atom. The third-order valence-corrected chi connectivity index (χ3v) is 2.44. The number of guanidine groups is 1. The lowest BCUT2D eigenvalue weighted by Crippen LogP contribution is -2.55. The maximum atomic E-state index is 11.2. The van der Waals surface area contributed by atoms with Crippen LogP contribution in [-0.2, 0) is 4.79 Å². The smallest absolute Gasteiger partial charge is 0.302 e. The molecule has 0 aromatic carbocycles. The van der Waals surface area contributed by atoms with E-state index in [1.54, 1.807) is 0 Å². The molecule has 5 heteroatoms. The number of aliphatic hydroxyl groups is 1. The number of fused-ring (bicyclic) bond motifs is 1. The highest BCUT2D eigenvalue weighted by molar-refractivity contribution is 6.03. The molecule has 2 rings (SSSR count). The van der Waals surface area contributed by atoms with Crippen molar-refractivity contribution in [2.75, 3.05) is 6.54 Å². The van der Waals surface area contributed by atoms with Crippen LogP contribution < -0.4 is 5.73 Å². The fraction of sp³-hybridized carbons (Fsp3) is 0.714. The Bertz CT molecular complexity index is 263. The van der Waals surface area contributed by atoms with E-state index in [1.165, 1.54) is 4.90 Å². The Morgan fingerprint density at radius 1 is 1.58 bits per heavy atom. The Balaban J connectivity index is 2.34. The number of piperidine rings is 1. The minimum Gasteiger partial charge on any atom is -0.369 e. The van der Waals surface area contributed by atoms with Gasteiger partial charge in [-0.2, -0.15) is 4.99 Å². The third kappa shape index (κ3) is 0.768. The van der Waals surface area contributed by atoms with Crippen LogP contribution in [0.3, 0.4) is 0 Å². The summed E-state index contributed by atoms with van der Waals surface area (Å²) in [6, 6.07) is 0. The fourth-order valence-corrected chi connectivity index (χ4v) is 1.74. The summed E-state index contributed by atoms with van der Waals surface area (Å²) in [5, 5.41) is 9.83. The van der Waals surface area contributed by atoms with Gasteiger partial charge in [0, 0.05) is 13.0 Å². The molecule has 0 aromatic heterocycles. The molecule has 0 aliphatic carbocycles. The topological polar surface area (TPSA) is 78.9 Å². The average Bonchev–Trinajstić information content (AvgIpc) is 2.25. The minimum atomic E-state index is -1.41. The van der Waals surface area contributed by atoms with Gasteiger partial charge < -0.3 is 15.7 Å². The number of hydrogen-bond acceptors (Lipinski definition) is 4. The Kier molecular flexibility index (Phi) is 1.38. The van der Waals surface area contributed by atoms with Gasteiger partial charge in [-0.25, -0.2) is 0 Å². The number of aliphatic imine (C=N–C) groups is 1. The van der Waals surface area contributed by atoms with Gasteiger partial charge in [-0.05, 0) is 12.8 Å². The summed E-state index contributed by atoms with van der Waals surface area (Å²) in [4.78, 5) is 16.2. The van der Waals surface area contributed by atoms with Crippen LogP contribution in [0.25, 0.3) is 0 Å². The van der Waals surface area contributed by atoms with Crippen molar-refractivity contribution < 1.29 is 9.90 Å². The Morgan fingerprint density at radius 2 is 2.33 bits per heavy atom. The number of carbonyl (C=O) groups excluding carboxylic acids is 1. The van der Waals surface area contributed by atoms with Crippen molar-refractivity contribution in [3.8, 4) is 0 Å². The maximum Gasteiger partial charge on any atom is 0.302 e. The van der Waals surface area contributed by atoms with Crippen LogP contribution in [0, 0.1) is 0 Å². The first-order valence-corrected chi connectivity index (χ1v) is 4.03. The number of amides is 1. The van der Waals surface area contributed by atoms with E-state index in [4.69, 9.17) is 5.73 Å². The molecule has 1 amide bonds. The van der Waals surface area contributed by atoms with Crippen LogP contribution >= 0.6 is 0 Å². The number of nitrogens with two attached hydrogens (primary N) is 1. The zero-order valence-corrected chi connectivity index (χ0v) is 6.66. The van der Waals surface area contributed by atoms with Crippen molar-refractivity contribution in [2.45, 2.75) is 25.0 Å². The lowest BCUT2D eigenvalue weighted by Gasteiger charge is -2.36. The normalized spacial score (nSPS) is 34.9. The van der Waals surface area contributed by atoms with E-state index in [-0.39, 0.29) is 5.96 Å². The van der Waals surface area contributed by atoms with Crippen molar-refractivity contribution in [1.82, 2.24) is 4.90 Å². The average molecular weight is 169 g/mol. The van der Waals surface area contributed by atoms with Crippen molar-refractivity contribution >= 4 is 11.9 Å². The van der Waals surface area contributed by atoms with Gasteiger partial charge in [0.25, 0.3) is 0 Å². The number of rotatable bonds is 0. The monoisotopic (exact) mass is 169 g/mol. The van der Waals surface area contributed by atoms with Crippen LogP contribution in [0.15, 0.2) is 4.99 Å². The molecule has 2 aliphatic heterocycles. The summed E-state index contributed by atoms with van der Waals surface area (Å²) in [7, 11) is 0. The van der Waals surface area contributed by atoms with Crippen molar-refractivity contribution in [1.29, 1.82) is 0 Å². The van der Waals surface area contributed by atoms with E-state index < -0.39 is 11.6 Å². The first-order chi connectivity index (χ1) is 5.64. The molecule has 2 heterocycles. The molecule has 66 valence electrons. The highest BCUT2D eigenvalue weighted by Crippen LogP contribution is 2.30. The zero-order chi connectivity index (χ0) is 8.77. The van der Waals surface area contributed by atoms with E-state index >= 15 is 0 Å². The molecule has 1 fully saturated rings. The van der Waals surface area contributed by atoms with Gasteiger partial charge in [0.05, 0.1) is 0 Å². The third-order valence-electron chi connectivity index (χ3n) is 2.44. The summed E-state index contributed by atoms with van der Waals surface area (Å²) in [6.45, 7) is 0.623. The quantitative estimate of drug-likeness (QED) is 0.488. The van der Waals surface area contributed by atoms with Crippen LogP contribution in [0.2, 0.25) is 0 Å². The summed E-state index contributed by atoms with van der Waals surface area (Å²) in [6.07, 6.45) is 2.24. The highest BCUT2D eigenvalue weighted by atomic mass is 16.3. The van der Waals surface area contributed by atoms with Crippen molar-refractivity contribution in [3.05, 3.63) is 0 Å². The predicted molar refractivity (Wildman–Crippen MR) is 42.1 cm³/mol. The standard InChI is InChI=1S/C7H11N3O2/c8-6-9-5(11)7(12)3-1-2-4-10(6)7/h12H,1-4H2,(H2,8,9,11). The van der Waals surface area contributed by atoms with Gasteiger partial charge in [-0.1, -0.05) is 0 Å². The van der Waals surface area contributed by atoms with Gasteiger partial charge in [-0.3, -0.25) is 4.79 Å². The molecule has 0 saturated carbocycles. The molecule has 3 N–H and O–H groups in total. The lowest BCUT2D eigenvalue weighted by atomic mass is 9.99. The van der Waals surface area contributed by atoms with Gasteiger partial charge in [0.1, 0.15) is 0 Å². The molecule has 2 aliphatic rings. The van der Waals surface area contributed by atoms with Gasteiger partial charge in [0.2, 0.25) is 11.7 Å². The van der Waals surface area contributed by atoms with Crippen LogP contribution in [0.1, 0.15) is 19.3 Å². The number of nitrogens with zero attached hydrogens (tertiary/aromatic N) is 2. The zero-order valence-electron chi connectivity index (χ0n) is 6.66. The first kappa shape index (κ1) is 7.54. The number of hydrogen-bond donors (Lipinski definition) is 2. The van der Waals surface area contributed by atoms with Crippen molar-refractivity contribution in [2.24, 2.45) is 10.7 Å². The molecule has 0 spiro atoms. The van der Waals surface area contributed by atoms with Crippen molar-refractivity contribution in [3.63, 3.8) is 0 Å². The molecule has 1 atom stereocenters.